The van der Waals surface area contributed by atoms with E-state index in [1.807, 2.05) is 12.1 Å². The first kappa shape index (κ1) is 11.2. The van der Waals surface area contributed by atoms with Crippen LogP contribution in [-0.2, 0) is 6.54 Å². The molecule has 0 saturated heterocycles. The summed E-state index contributed by atoms with van der Waals surface area (Å²) in [6, 6.07) is 3.91. The standard InChI is InChI=1S/C12H14BrN3/c1-8-9(2)16(7-11(8)13)6-10-4-3-5-15-12(10)14/h3-5,7H,6H2,1-2H3,(H2,14,15). The van der Waals surface area contributed by atoms with E-state index in [2.05, 4.69) is 45.5 Å². The van der Waals surface area contributed by atoms with Crippen LogP contribution in [0.5, 0.6) is 0 Å². The van der Waals surface area contributed by atoms with Gasteiger partial charge in [0.25, 0.3) is 0 Å². The fraction of sp³-hybridized carbons (Fsp3) is 0.250. The van der Waals surface area contributed by atoms with Gasteiger partial charge >= 0.3 is 0 Å². The molecule has 0 unspecified atom stereocenters. The minimum absolute atomic E-state index is 0.601. The van der Waals surface area contributed by atoms with Crippen LogP contribution in [0.25, 0.3) is 0 Å². The van der Waals surface area contributed by atoms with E-state index in [4.69, 9.17) is 5.73 Å². The summed E-state index contributed by atoms with van der Waals surface area (Å²) in [5, 5.41) is 0. The van der Waals surface area contributed by atoms with Gasteiger partial charge in [-0.2, -0.15) is 0 Å². The number of pyridine rings is 1. The Bertz CT molecular complexity index is 517. The van der Waals surface area contributed by atoms with Crippen LogP contribution in [0.15, 0.2) is 29.0 Å². The van der Waals surface area contributed by atoms with Gasteiger partial charge in [-0.3, -0.25) is 0 Å². The number of nitrogens with zero attached hydrogens (tertiary/aromatic N) is 2. The number of aromatic nitrogens is 2. The van der Waals surface area contributed by atoms with Crippen molar-refractivity contribution in [3.8, 4) is 0 Å². The third-order valence-electron chi connectivity index (χ3n) is 2.87. The first-order valence-electron chi connectivity index (χ1n) is 5.11. The third-order valence-corrected chi connectivity index (χ3v) is 3.67. The summed E-state index contributed by atoms with van der Waals surface area (Å²) in [7, 11) is 0. The van der Waals surface area contributed by atoms with Crippen LogP contribution in [0, 0.1) is 13.8 Å². The van der Waals surface area contributed by atoms with Crippen molar-refractivity contribution < 1.29 is 0 Å². The van der Waals surface area contributed by atoms with Crippen molar-refractivity contribution in [2.45, 2.75) is 20.4 Å². The number of halogens is 1. The summed E-state index contributed by atoms with van der Waals surface area (Å²) in [5.74, 6) is 0.601. The second-order valence-corrected chi connectivity index (χ2v) is 4.72. The molecule has 2 heterocycles. The molecular weight excluding hydrogens is 266 g/mol. The highest BCUT2D eigenvalue weighted by molar-refractivity contribution is 9.10. The average molecular weight is 280 g/mol. The maximum Gasteiger partial charge on any atom is 0.128 e. The average Bonchev–Trinajstić information content (AvgIpc) is 2.50. The van der Waals surface area contributed by atoms with E-state index < -0.39 is 0 Å². The van der Waals surface area contributed by atoms with Crippen LogP contribution >= 0.6 is 15.9 Å². The van der Waals surface area contributed by atoms with Crippen molar-refractivity contribution in [2.24, 2.45) is 0 Å². The topological polar surface area (TPSA) is 43.8 Å². The Morgan fingerprint density at radius 3 is 2.75 bits per heavy atom. The molecule has 0 spiro atoms. The monoisotopic (exact) mass is 279 g/mol. The molecule has 2 aromatic rings. The lowest BCUT2D eigenvalue weighted by molar-refractivity contribution is 0.772. The number of nitrogens with two attached hydrogens (primary N) is 1. The van der Waals surface area contributed by atoms with Crippen LogP contribution in [0.1, 0.15) is 16.8 Å². The van der Waals surface area contributed by atoms with Crippen molar-refractivity contribution in [3.05, 3.63) is 45.8 Å². The Morgan fingerprint density at radius 2 is 2.19 bits per heavy atom. The van der Waals surface area contributed by atoms with Gasteiger partial charge in [0.05, 0.1) is 6.54 Å². The summed E-state index contributed by atoms with van der Waals surface area (Å²) in [4.78, 5) is 4.09. The van der Waals surface area contributed by atoms with Crippen molar-refractivity contribution in [1.82, 2.24) is 9.55 Å². The molecular formula is C12H14BrN3. The number of rotatable bonds is 2. The van der Waals surface area contributed by atoms with Gasteiger partial charge in [0.1, 0.15) is 5.82 Å². The van der Waals surface area contributed by atoms with E-state index in [-0.39, 0.29) is 0 Å². The zero-order valence-electron chi connectivity index (χ0n) is 9.37. The molecule has 0 amide bonds. The van der Waals surface area contributed by atoms with Gasteiger partial charge in [-0.1, -0.05) is 6.07 Å². The minimum atomic E-state index is 0.601. The van der Waals surface area contributed by atoms with Crippen LogP contribution < -0.4 is 5.73 Å². The summed E-state index contributed by atoms with van der Waals surface area (Å²) in [5.41, 5.74) is 9.39. The summed E-state index contributed by atoms with van der Waals surface area (Å²) >= 11 is 3.53. The lowest BCUT2D eigenvalue weighted by Crippen LogP contribution is -2.04. The molecule has 0 aliphatic heterocycles. The molecule has 0 bridgehead atoms. The molecule has 4 heteroatoms. The molecule has 3 nitrogen and oxygen atoms in total. The fourth-order valence-electron chi connectivity index (χ4n) is 1.65. The van der Waals surface area contributed by atoms with Gasteiger partial charge in [-0.15, -0.1) is 0 Å². The maximum absolute atomic E-state index is 5.83. The minimum Gasteiger partial charge on any atom is -0.383 e. The molecule has 0 saturated carbocycles. The molecule has 84 valence electrons. The Labute approximate surface area is 103 Å². The predicted octanol–water partition coefficient (Wildman–Crippen LogP) is 2.89. The Balaban J connectivity index is 2.34. The van der Waals surface area contributed by atoms with Gasteiger partial charge in [-0.05, 0) is 41.4 Å². The number of anilines is 1. The van der Waals surface area contributed by atoms with Crippen molar-refractivity contribution in [3.63, 3.8) is 0 Å². The second kappa shape index (κ2) is 4.29. The summed E-state index contributed by atoms with van der Waals surface area (Å²) < 4.78 is 3.31. The quantitative estimate of drug-likeness (QED) is 0.919. The predicted molar refractivity (Wildman–Crippen MR) is 69.4 cm³/mol. The van der Waals surface area contributed by atoms with E-state index in [1.165, 1.54) is 11.3 Å². The molecule has 0 aliphatic rings. The number of nitrogen functional groups attached to an aromatic ring is 1. The highest BCUT2D eigenvalue weighted by Gasteiger charge is 2.08. The Kier molecular flexibility index (Phi) is 3.01. The van der Waals surface area contributed by atoms with Gasteiger partial charge in [0.15, 0.2) is 0 Å². The highest BCUT2D eigenvalue weighted by Crippen LogP contribution is 2.23. The first-order valence-corrected chi connectivity index (χ1v) is 5.90. The van der Waals surface area contributed by atoms with Gasteiger partial charge in [0.2, 0.25) is 0 Å². The molecule has 16 heavy (non-hydrogen) atoms. The van der Waals surface area contributed by atoms with Crippen LogP contribution in [0.3, 0.4) is 0 Å². The van der Waals surface area contributed by atoms with E-state index in [0.29, 0.717) is 5.82 Å². The summed E-state index contributed by atoms with van der Waals surface area (Å²) in [6.07, 6.45) is 3.79. The smallest absolute Gasteiger partial charge is 0.128 e. The fourth-order valence-corrected chi connectivity index (χ4v) is 2.19. The molecule has 2 aromatic heterocycles. The first-order chi connectivity index (χ1) is 7.59. The third kappa shape index (κ3) is 1.97. The molecule has 2 rings (SSSR count). The molecule has 0 radical (unpaired) electrons. The van der Waals surface area contributed by atoms with Gasteiger partial charge < -0.3 is 10.3 Å². The Hall–Kier alpha value is -1.29. The van der Waals surface area contributed by atoms with Crippen LogP contribution in [-0.4, -0.2) is 9.55 Å². The van der Waals surface area contributed by atoms with Crippen molar-refractivity contribution in [2.75, 3.05) is 5.73 Å². The van der Waals surface area contributed by atoms with E-state index >= 15 is 0 Å². The Morgan fingerprint density at radius 1 is 1.44 bits per heavy atom. The maximum atomic E-state index is 5.83. The largest absolute Gasteiger partial charge is 0.383 e. The second-order valence-electron chi connectivity index (χ2n) is 3.86. The number of hydrogen-bond donors (Lipinski definition) is 1. The van der Waals surface area contributed by atoms with Crippen LogP contribution in [0.2, 0.25) is 0 Å². The van der Waals surface area contributed by atoms with Crippen LogP contribution in [0.4, 0.5) is 5.82 Å². The lowest BCUT2D eigenvalue weighted by Gasteiger charge is -2.08. The number of hydrogen-bond acceptors (Lipinski definition) is 2. The molecule has 0 aliphatic carbocycles. The lowest BCUT2D eigenvalue weighted by atomic mass is 10.2. The zero-order chi connectivity index (χ0) is 11.7. The SMILES string of the molecule is Cc1c(Br)cn(Cc2cccnc2N)c1C. The van der Waals surface area contributed by atoms with Gasteiger partial charge in [0, 0.05) is 28.1 Å². The summed E-state index contributed by atoms with van der Waals surface area (Å²) in [6.45, 7) is 4.97. The van der Waals surface area contributed by atoms with E-state index in [9.17, 15) is 0 Å². The highest BCUT2D eigenvalue weighted by atomic mass is 79.9. The van der Waals surface area contributed by atoms with Crippen molar-refractivity contribution >= 4 is 21.7 Å². The molecule has 0 aromatic carbocycles. The molecule has 0 fully saturated rings. The van der Waals surface area contributed by atoms with Gasteiger partial charge in [-0.25, -0.2) is 4.98 Å². The van der Waals surface area contributed by atoms with E-state index in [0.717, 1.165) is 16.6 Å². The van der Waals surface area contributed by atoms with E-state index in [1.54, 1.807) is 6.20 Å². The molecule has 0 atom stereocenters. The van der Waals surface area contributed by atoms with Crippen molar-refractivity contribution in [1.29, 1.82) is 0 Å². The normalized spacial score (nSPS) is 10.7. The zero-order valence-corrected chi connectivity index (χ0v) is 11.0. The molecule has 2 N–H and O–H groups in total.